The van der Waals surface area contributed by atoms with Crippen molar-refractivity contribution >= 4 is 5.95 Å². The first-order valence-corrected chi connectivity index (χ1v) is 4.25. The molecule has 0 bridgehead atoms. The molecule has 0 aliphatic carbocycles. The van der Waals surface area contributed by atoms with Crippen molar-refractivity contribution in [1.82, 2.24) is 24.7 Å². The average molecular weight is 206 g/mol. The molecular weight excluding hydrogens is 200 g/mol. The van der Waals surface area contributed by atoms with Crippen molar-refractivity contribution in [3.63, 3.8) is 0 Å². The van der Waals surface area contributed by atoms with Gasteiger partial charge in [0.2, 0.25) is 5.95 Å². The van der Waals surface area contributed by atoms with E-state index in [1.165, 1.54) is 11.0 Å². The maximum atomic E-state index is 11.4. The maximum Gasteiger partial charge on any atom is 0.327 e. The molecule has 8 heteroatoms. The number of nitrogens with one attached hydrogen (secondary N) is 3. The number of anilines is 1. The van der Waals surface area contributed by atoms with Crippen molar-refractivity contribution in [3.8, 4) is 5.82 Å². The molecule has 8 nitrogen and oxygen atoms in total. The van der Waals surface area contributed by atoms with E-state index in [-0.39, 0.29) is 0 Å². The molecule has 1 aliphatic rings. The standard InChI is InChI=1S/C7H6N6O2/c14-5-3-1-8-6-9-2-10-13(6)4(3)11-7(15)12-5/h2H,1H2,(H,8,9,10)(H2,11,12,14,15). The van der Waals surface area contributed by atoms with Gasteiger partial charge in [0.15, 0.2) is 0 Å². The van der Waals surface area contributed by atoms with Gasteiger partial charge in [-0.25, -0.2) is 4.79 Å². The van der Waals surface area contributed by atoms with Crippen molar-refractivity contribution in [3.05, 3.63) is 32.7 Å². The fourth-order valence-electron chi connectivity index (χ4n) is 1.54. The molecule has 2 aromatic rings. The third-order valence-corrected chi connectivity index (χ3v) is 2.20. The Hall–Kier alpha value is -2.38. The topological polar surface area (TPSA) is 108 Å². The first kappa shape index (κ1) is 7.97. The molecule has 0 spiro atoms. The third-order valence-electron chi connectivity index (χ3n) is 2.20. The van der Waals surface area contributed by atoms with Crippen LogP contribution in [0.1, 0.15) is 5.56 Å². The molecule has 0 atom stereocenters. The second-order valence-corrected chi connectivity index (χ2v) is 3.08. The van der Waals surface area contributed by atoms with Crippen molar-refractivity contribution < 1.29 is 0 Å². The summed E-state index contributed by atoms with van der Waals surface area (Å²) in [4.78, 5) is 31.1. The molecule has 0 saturated heterocycles. The molecule has 15 heavy (non-hydrogen) atoms. The number of fused-ring (bicyclic) bond motifs is 3. The lowest BCUT2D eigenvalue weighted by atomic mass is 10.3. The monoisotopic (exact) mass is 206 g/mol. The lowest BCUT2D eigenvalue weighted by Gasteiger charge is -2.15. The first-order valence-electron chi connectivity index (χ1n) is 4.25. The van der Waals surface area contributed by atoms with E-state index in [1.807, 2.05) is 0 Å². The van der Waals surface area contributed by atoms with Crippen LogP contribution < -0.4 is 16.6 Å². The molecule has 0 fully saturated rings. The summed E-state index contributed by atoms with van der Waals surface area (Å²) in [5, 5.41) is 6.81. The van der Waals surface area contributed by atoms with E-state index < -0.39 is 11.2 Å². The lowest BCUT2D eigenvalue weighted by molar-refractivity contribution is 0.770. The number of hydrogen-bond donors (Lipinski definition) is 3. The van der Waals surface area contributed by atoms with Crippen LogP contribution >= 0.6 is 0 Å². The number of aromatic amines is 2. The summed E-state index contributed by atoms with van der Waals surface area (Å²) in [6.07, 6.45) is 1.34. The van der Waals surface area contributed by atoms with Gasteiger partial charge in [-0.1, -0.05) is 0 Å². The van der Waals surface area contributed by atoms with Gasteiger partial charge in [0.25, 0.3) is 5.56 Å². The molecular formula is C7H6N6O2. The summed E-state index contributed by atoms with van der Waals surface area (Å²) in [7, 11) is 0. The van der Waals surface area contributed by atoms with Gasteiger partial charge < -0.3 is 5.32 Å². The van der Waals surface area contributed by atoms with E-state index in [0.29, 0.717) is 23.9 Å². The van der Waals surface area contributed by atoms with Gasteiger partial charge in [0.1, 0.15) is 12.1 Å². The summed E-state index contributed by atoms with van der Waals surface area (Å²) in [6, 6.07) is 0. The second-order valence-electron chi connectivity index (χ2n) is 3.08. The van der Waals surface area contributed by atoms with E-state index in [4.69, 9.17) is 0 Å². The Kier molecular flexibility index (Phi) is 1.36. The number of aromatic nitrogens is 5. The van der Waals surface area contributed by atoms with Crippen LogP contribution in [0.5, 0.6) is 0 Å². The Balaban J connectivity index is 2.42. The van der Waals surface area contributed by atoms with Crippen LogP contribution in [0.25, 0.3) is 5.82 Å². The summed E-state index contributed by atoms with van der Waals surface area (Å²) in [5.41, 5.74) is -0.530. The number of rotatable bonds is 0. The Morgan fingerprint density at radius 2 is 2.20 bits per heavy atom. The zero-order chi connectivity index (χ0) is 10.4. The average Bonchev–Trinajstić information content (AvgIpc) is 2.65. The molecule has 3 rings (SSSR count). The molecule has 0 unspecified atom stereocenters. The van der Waals surface area contributed by atoms with Crippen LogP contribution in [0.4, 0.5) is 5.95 Å². The van der Waals surface area contributed by atoms with Crippen LogP contribution in [0.2, 0.25) is 0 Å². The first-order chi connectivity index (χ1) is 7.25. The molecule has 0 amide bonds. The Morgan fingerprint density at radius 1 is 1.33 bits per heavy atom. The van der Waals surface area contributed by atoms with Crippen molar-refractivity contribution in [1.29, 1.82) is 0 Å². The fraction of sp³-hybridized carbons (Fsp3) is 0.143. The van der Waals surface area contributed by atoms with Crippen LogP contribution in [0, 0.1) is 0 Å². The van der Waals surface area contributed by atoms with Gasteiger partial charge in [0.05, 0.1) is 12.1 Å². The molecule has 3 heterocycles. The van der Waals surface area contributed by atoms with Crippen LogP contribution in [-0.2, 0) is 6.54 Å². The fourth-order valence-corrected chi connectivity index (χ4v) is 1.54. The van der Waals surface area contributed by atoms with Gasteiger partial charge in [-0.15, -0.1) is 0 Å². The van der Waals surface area contributed by atoms with E-state index in [2.05, 4.69) is 25.4 Å². The predicted octanol–water partition coefficient (Wildman–Crippen LogP) is -1.43. The highest BCUT2D eigenvalue weighted by molar-refractivity contribution is 5.44. The third kappa shape index (κ3) is 1.01. The van der Waals surface area contributed by atoms with Crippen molar-refractivity contribution in [2.24, 2.45) is 0 Å². The number of hydrogen-bond acceptors (Lipinski definition) is 5. The van der Waals surface area contributed by atoms with Crippen molar-refractivity contribution in [2.75, 3.05) is 5.32 Å². The van der Waals surface area contributed by atoms with Gasteiger partial charge in [0, 0.05) is 0 Å². The van der Waals surface area contributed by atoms with Crippen LogP contribution in [0.3, 0.4) is 0 Å². The molecule has 0 saturated carbocycles. The largest absolute Gasteiger partial charge is 0.350 e. The summed E-state index contributed by atoms with van der Waals surface area (Å²) in [5.74, 6) is 0.874. The molecule has 76 valence electrons. The van der Waals surface area contributed by atoms with Gasteiger partial charge in [-0.2, -0.15) is 14.8 Å². The smallest absolute Gasteiger partial charge is 0.327 e. The molecule has 1 aliphatic heterocycles. The van der Waals surface area contributed by atoms with E-state index in [9.17, 15) is 9.59 Å². The van der Waals surface area contributed by atoms with E-state index >= 15 is 0 Å². The number of H-pyrrole nitrogens is 2. The molecule has 0 aromatic carbocycles. The summed E-state index contributed by atoms with van der Waals surface area (Å²) < 4.78 is 1.38. The number of nitrogens with zero attached hydrogens (tertiary/aromatic N) is 3. The SMILES string of the molecule is O=c1[nH]c2c(c(=O)[nH]1)CNc1ncnn1-2. The minimum absolute atomic E-state index is 0.320. The Bertz CT molecular complexity index is 635. The second kappa shape index (κ2) is 2.56. The van der Waals surface area contributed by atoms with E-state index in [0.717, 1.165) is 0 Å². The zero-order valence-corrected chi connectivity index (χ0v) is 7.44. The van der Waals surface area contributed by atoms with Crippen molar-refractivity contribution in [2.45, 2.75) is 6.54 Å². The molecule has 2 aromatic heterocycles. The van der Waals surface area contributed by atoms with Crippen LogP contribution in [0.15, 0.2) is 15.9 Å². The minimum Gasteiger partial charge on any atom is -0.350 e. The van der Waals surface area contributed by atoms with Gasteiger partial charge >= 0.3 is 5.69 Å². The molecule has 3 N–H and O–H groups in total. The Morgan fingerprint density at radius 3 is 3.07 bits per heavy atom. The Labute approximate surface area is 82.0 Å². The quantitative estimate of drug-likeness (QED) is 0.489. The highest BCUT2D eigenvalue weighted by atomic mass is 16.2. The van der Waals surface area contributed by atoms with Crippen LogP contribution in [-0.4, -0.2) is 24.7 Å². The maximum absolute atomic E-state index is 11.4. The predicted molar refractivity (Wildman–Crippen MR) is 49.9 cm³/mol. The minimum atomic E-state index is -0.554. The highest BCUT2D eigenvalue weighted by Crippen LogP contribution is 2.16. The van der Waals surface area contributed by atoms with Gasteiger partial charge in [-0.05, 0) is 0 Å². The highest BCUT2D eigenvalue weighted by Gasteiger charge is 2.20. The summed E-state index contributed by atoms with van der Waals surface area (Å²) >= 11 is 0. The molecule has 0 radical (unpaired) electrons. The zero-order valence-electron chi connectivity index (χ0n) is 7.44. The van der Waals surface area contributed by atoms with Gasteiger partial charge in [-0.3, -0.25) is 14.8 Å². The lowest BCUT2D eigenvalue weighted by Crippen LogP contribution is -2.32. The summed E-state index contributed by atoms with van der Waals surface area (Å²) in [6.45, 7) is 0.320. The normalized spacial score (nSPS) is 12.8. The van der Waals surface area contributed by atoms with E-state index in [1.54, 1.807) is 0 Å².